The van der Waals surface area contributed by atoms with Crippen LogP contribution < -0.4 is 0 Å². The summed E-state index contributed by atoms with van der Waals surface area (Å²) in [5, 5.41) is 0.312. The summed E-state index contributed by atoms with van der Waals surface area (Å²) in [4.78, 5) is 7.79. The Hall–Kier alpha value is -0.890. The summed E-state index contributed by atoms with van der Waals surface area (Å²) < 4.78 is 0. The first-order valence-corrected chi connectivity index (χ1v) is 3.79. The molecule has 0 unspecified atom stereocenters. The summed E-state index contributed by atoms with van der Waals surface area (Å²) in [6.45, 7) is 3.62. The van der Waals surface area contributed by atoms with Gasteiger partial charge in [-0.05, 0) is 30.5 Å². The summed E-state index contributed by atoms with van der Waals surface area (Å²) in [5.74, 6) is 0. The van der Waals surface area contributed by atoms with Crippen LogP contribution in [0.3, 0.4) is 0 Å². The largest absolute Gasteiger partial charge is 0.227 e. The molecule has 1 rings (SSSR count). The molecular weight excluding hydrogens is 160 g/mol. The molecule has 0 amide bonds. The molecule has 0 aliphatic rings. The molecule has 0 aromatic carbocycles. The number of aromatic nitrogens is 2. The van der Waals surface area contributed by atoms with E-state index in [1.54, 1.807) is 6.20 Å². The molecule has 1 heterocycles. The summed E-state index contributed by atoms with van der Waals surface area (Å²) in [6.07, 6.45) is 5.32. The molecule has 2 nitrogen and oxygen atoms in total. The smallest absolute Gasteiger partial charge is 0.222 e. The molecule has 0 aliphatic heterocycles. The van der Waals surface area contributed by atoms with E-state index in [4.69, 9.17) is 11.6 Å². The van der Waals surface area contributed by atoms with Gasteiger partial charge >= 0.3 is 0 Å². The average Bonchev–Trinajstić information content (AvgIpc) is 2.01. The van der Waals surface area contributed by atoms with Crippen LogP contribution in [0.5, 0.6) is 0 Å². The van der Waals surface area contributed by atoms with Gasteiger partial charge < -0.3 is 0 Å². The van der Waals surface area contributed by atoms with Gasteiger partial charge in [-0.15, -0.1) is 6.58 Å². The van der Waals surface area contributed by atoms with Crippen LogP contribution in [-0.4, -0.2) is 9.97 Å². The van der Waals surface area contributed by atoms with Gasteiger partial charge in [-0.2, -0.15) is 0 Å². The Balaban J connectivity index is 2.63. The van der Waals surface area contributed by atoms with Crippen molar-refractivity contribution in [3.63, 3.8) is 0 Å². The number of halogens is 1. The maximum atomic E-state index is 5.58. The summed E-state index contributed by atoms with van der Waals surface area (Å²) in [5.41, 5.74) is 0.963. The van der Waals surface area contributed by atoms with Gasteiger partial charge in [-0.1, -0.05) is 6.08 Å². The van der Waals surface area contributed by atoms with Crippen LogP contribution in [0, 0.1) is 0 Å². The van der Waals surface area contributed by atoms with Gasteiger partial charge in [0.05, 0.1) is 0 Å². The highest BCUT2D eigenvalue weighted by Crippen LogP contribution is 2.03. The molecule has 0 atom stereocenters. The van der Waals surface area contributed by atoms with Gasteiger partial charge in [0, 0.05) is 11.9 Å². The fourth-order valence-electron chi connectivity index (χ4n) is 0.759. The van der Waals surface area contributed by atoms with Crippen LogP contribution in [-0.2, 0) is 6.42 Å². The van der Waals surface area contributed by atoms with Crippen LogP contribution in [0.25, 0.3) is 0 Å². The Labute approximate surface area is 70.9 Å². The number of aryl methyl sites for hydroxylation is 1. The first-order valence-electron chi connectivity index (χ1n) is 3.41. The highest BCUT2D eigenvalue weighted by Gasteiger charge is 1.93. The standard InChI is InChI=1S/C8H9ClN2/c1-2-3-4-7-5-6-10-8(9)11-7/h2,5-6H,1,3-4H2. The maximum Gasteiger partial charge on any atom is 0.222 e. The normalized spacial score (nSPS) is 9.55. The zero-order chi connectivity index (χ0) is 8.10. The molecule has 0 N–H and O–H groups in total. The number of nitrogens with zero attached hydrogens (tertiary/aromatic N) is 2. The SMILES string of the molecule is C=CCCc1ccnc(Cl)n1. The van der Waals surface area contributed by atoms with E-state index >= 15 is 0 Å². The lowest BCUT2D eigenvalue weighted by Crippen LogP contribution is -1.90. The highest BCUT2D eigenvalue weighted by molar-refractivity contribution is 6.28. The Bertz CT molecular complexity index is 248. The van der Waals surface area contributed by atoms with Crippen LogP contribution in [0.4, 0.5) is 0 Å². The molecule has 58 valence electrons. The summed E-state index contributed by atoms with van der Waals surface area (Å²) >= 11 is 5.58. The quantitative estimate of drug-likeness (QED) is 0.511. The topological polar surface area (TPSA) is 25.8 Å². The van der Waals surface area contributed by atoms with E-state index in [9.17, 15) is 0 Å². The average molecular weight is 169 g/mol. The molecule has 0 bridgehead atoms. The van der Waals surface area contributed by atoms with E-state index in [1.165, 1.54) is 0 Å². The number of allylic oxidation sites excluding steroid dienone is 1. The molecule has 3 heteroatoms. The zero-order valence-electron chi connectivity index (χ0n) is 6.13. The van der Waals surface area contributed by atoms with E-state index in [-0.39, 0.29) is 0 Å². The minimum atomic E-state index is 0.312. The predicted octanol–water partition coefficient (Wildman–Crippen LogP) is 2.25. The second kappa shape index (κ2) is 4.09. The van der Waals surface area contributed by atoms with Gasteiger partial charge in [0.15, 0.2) is 0 Å². The second-order valence-corrected chi connectivity index (χ2v) is 2.48. The van der Waals surface area contributed by atoms with Crippen molar-refractivity contribution in [3.05, 3.63) is 35.9 Å². The Kier molecular flexibility index (Phi) is 3.05. The third kappa shape index (κ3) is 2.68. The van der Waals surface area contributed by atoms with Crippen molar-refractivity contribution in [2.75, 3.05) is 0 Å². The molecule has 0 saturated heterocycles. The van der Waals surface area contributed by atoms with E-state index in [0.29, 0.717) is 5.28 Å². The van der Waals surface area contributed by atoms with Gasteiger partial charge in [-0.3, -0.25) is 0 Å². The van der Waals surface area contributed by atoms with Gasteiger partial charge in [0.25, 0.3) is 0 Å². The van der Waals surface area contributed by atoms with Crippen molar-refractivity contribution < 1.29 is 0 Å². The molecule has 11 heavy (non-hydrogen) atoms. The third-order valence-electron chi connectivity index (χ3n) is 1.29. The van der Waals surface area contributed by atoms with Gasteiger partial charge in [0.1, 0.15) is 0 Å². The summed E-state index contributed by atoms with van der Waals surface area (Å²) in [6, 6.07) is 1.86. The van der Waals surface area contributed by atoms with Crippen LogP contribution in [0.2, 0.25) is 5.28 Å². The van der Waals surface area contributed by atoms with Crippen molar-refractivity contribution >= 4 is 11.6 Å². The van der Waals surface area contributed by atoms with Gasteiger partial charge in [0.2, 0.25) is 5.28 Å². The third-order valence-corrected chi connectivity index (χ3v) is 1.47. The maximum absolute atomic E-state index is 5.58. The Morgan fingerprint density at radius 2 is 2.45 bits per heavy atom. The van der Waals surface area contributed by atoms with E-state index in [0.717, 1.165) is 18.5 Å². The lowest BCUT2D eigenvalue weighted by molar-refractivity contribution is 0.928. The molecule has 0 saturated carbocycles. The minimum absolute atomic E-state index is 0.312. The fourth-order valence-corrected chi connectivity index (χ4v) is 0.924. The van der Waals surface area contributed by atoms with Crippen LogP contribution >= 0.6 is 11.6 Å². The molecule has 0 radical (unpaired) electrons. The zero-order valence-corrected chi connectivity index (χ0v) is 6.88. The predicted molar refractivity (Wildman–Crippen MR) is 45.6 cm³/mol. The fraction of sp³-hybridized carbons (Fsp3) is 0.250. The molecular formula is C8H9ClN2. The van der Waals surface area contributed by atoms with Crippen molar-refractivity contribution in [2.24, 2.45) is 0 Å². The van der Waals surface area contributed by atoms with E-state index in [2.05, 4.69) is 16.5 Å². The van der Waals surface area contributed by atoms with Crippen molar-refractivity contribution in [3.8, 4) is 0 Å². The van der Waals surface area contributed by atoms with Crippen molar-refractivity contribution in [1.82, 2.24) is 9.97 Å². The van der Waals surface area contributed by atoms with Crippen molar-refractivity contribution in [1.29, 1.82) is 0 Å². The van der Waals surface area contributed by atoms with Crippen molar-refractivity contribution in [2.45, 2.75) is 12.8 Å². The van der Waals surface area contributed by atoms with E-state index in [1.807, 2.05) is 12.1 Å². The molecule has 0 fully saturated rings. The monoisotopic (exact) mass is 168 g/mol. The Morgan fingerprint density at radius 1 is 1.64 bits per heavy atom. The molecule has 0 aliphatic carbocycles. The second-order valence-electron chi connectivity index (χ2n) is 2.14. The first kappa shape index (κ1) is 8.21. The molecule has 1 aromatic rings. The number of hydrogen-bond acceptors (Lipinski definition) is 2. The summed E-state index contributed by atoms with van der Waals surface area (Å²) in [7, 11) is 0. The number of hydrogen-bond donors (Lipinski definition) is 0. The first-order chi connectivity index (χ1) is 5.33. The number of rotatable bonds is 3. The van der Waals surface area contributed by atoms with Crippen LogP contribution in [0.1, 0.15) is 12.1 Å². The highest BCUT2D eigenvalue weighted by atomic mass is 35.5. The molecule has 1 aromatic heterocycles. The lowest BCUT2D eigenvalue weighted by atomic mass is 10.2. The minimum Gasteiger partial charge on any atom is -0.227 e. The van der Waals surface area contributed by atoms with Gasteiger partial charge in [-0.25, -0.2) is 9.97 Å². The Morgan fingerprint density at radius 3 is 3.09 bits per heavy atom. The van der Waals surface area contributed by atoms with Crippen LogP contribution in [0.15, 0.2) is 24.9 Å². The molecule has 0 spiro atoms. The van der Waals surface area contributed by atoms with E-state index < -0.39 is 0 Å². The lowest BCUT2D eigenvalue weighted by Gasteiger charge is -1.95.